The molecule has 0 saturated carbocycles. The summed E-state index contributed by atoms with van der Waals surface area (Å²) in [5, 5.41) is 3.51. The number of morpholine rings is 1. The number of aryl methyl sites for hydroxylation is 1. The van der Waals surface area contributed by atoms with E-state index in [0.717, 1.165) is 30.6 Å². The molecule has 3 aromatic rings. The highest BCUT2D eigenvalue weighted by molar-refractivity contribution is 5.95. The second-order valence-corrected chi connectivity index (χ2v) is 8.39. The van der Waals surface area contributed by atoms with Crippen LogP contribution in [0.3, 0.4) is 0 Å². The topological polar surface area (TPSA) is 76.5 Å². The van der Waals surface area contributed by atoms with Crippen molar-refractivity contribution < 1.29 is 9.53 Å². The van der Waals surface area contributed by atoms with Crippen LogP contribution in [-0.4, -0.2) is 53.2 Å². The third kappa shape index (κ3) is 4.22. The highest BCUT2D eigenvalue weighted by atomic mass is 16.5. The number of nitrogens with zero attached hydrogens (tertiary/aromatic N) is 3. The Hall–Kier alpha value is -3.29. The smallest absolute Gasteiger partial charge is 0.261 e. The van der Waals surface area contributed by atoms with Crippen molar-refractivity contribution in [1.29, 1.82) is 0 Å². The Bertz CT molecular complexity index is 1270. The van der Waals surface area contributed by atoms with Crippen molar-refractivity contribution in [3.8, 4) is 0 Å². The van der Waals surface area contributed by atoms with Gasteiger partial charge >= 0.3 is 0 Å². The fourth-order valence-corrected chi connectivity index (χ4v) is 4.36. The van der Waals surface area contributed by atoms with E-state index < -0.39 is 0 Å². The van der Waals surface area contributed by atoms with Gasteiger partial charge in [0.2, 0.25) is 5.91 Å². The molecule has 1 amide bonds. The molecule has 0 bridgehead atoms. The van der Waals surface area contributed by atoms with E-state index in [9.17, 15) is 9.59 Å². The van der Waals surface area contributed by atoms with Crippen molar-refractivity contribution in [3.05, 3.63) is 69.8 Å². The predicted octanol–water partition coefficient (Wildman–Crippen LogP) is 2.92. The zero-order valence-corrected chi connectivity index (χ0v) is 18.1. The van der Waals surface area contributed by atoms with Crippen LogP contribution in [0.25, 0.3) is 22.6 Å². The number of carbonyl (C=O) groups excluding carboxylic acids is 1. The number of benzene rings is 2. The van der Waals surface area contributed by atoms with Crippen molar-refractivity contribution in [1.82, 2.24) is 14.5 Å². The Balaban J connectivity index is 1.43. The number of aromatic nitrogens is 2. The highest BCUT2D eigenvalue weighted by Crippen LogP contribution is 2.28. The Morgan fingerprint density at radius 2 is 2.00 bits per heavy atom. The normalized spacial score (nSPS) is 17.6. The summed E-state index contributed by atoms with van der Waals surface area (Å²) in [4.78, 5) is 32.4. The second kappa shape index (κ2) is 8.68. The quantitative estimate of drug-likeness (QED) is 0.689. The number of rotatable bonds is 4. The first-order valence-corrected chi connectivity index (χ1v) is 11.0. The molecule has 7 heteroatoms. The molecule has 0 unspecified atom stereocenters. The summed E-state index contributed by atoms with van der Waals surface area (Å²) in [6.45, 7) is 5.84. The first-order valence-electron chi connectivity index (χ1n) is 11.0. The summed E-state index contributed by atoms with van der Waals surface area (Å²) in [6, 6.07) is 13.6. The van der Waals surface area contributed by atoms with Crippen LogP contribution in [0.2, 0.25) is 0 Å². The Morgan fingerprint density at radius 3 is 2.81 bits per heavy atom. The van der Waals surface area contributed by atoms with E-state index in [0.29, 0.717) is 48.7 Å². The third-order valence-corrected chi connectivity index (χ3v) is 5.98. The number of anilines is 1. The van der Waals surface area contributed by atoms with Crippen molar-refractivity contribution in [2.45, 2.75) is 19.9 Å². The van der Waals surface area contributed by atoms with Crippen LogP contribution in [0.1, 0.15) is 23.4 Å². The van der Waals surface area contributed by atoms with Crippen LogP contribution in [0.5, 0.6) is 0 Å². The van der Waals surface area contributed by atoms with Crippen LogP contribution in [0.4, 0.5) is 5.69 Å². The predicted molar refractivity (Wildman–Crippen MR) is 126 cm³/mol. The van der Waals surface area contributed by atoms with Gasteiger partial charge in [0, 0.05) is 25.3 Å². The summed E-state index contributed by atoms with van der Waals surface area (Å²) in [7, 11) is 0. The molecule has 3 heterocycles. The average molecular weight is 431 g/mol. The molecule has 164 valence electrons. The van der Waals surface area contributed by atoms with E-state index in [-0.39, 0.29) is 11.5 Å². The lowest BCUT2D eigenvalue weighted by Gasteiger charge is -2.25. The van der Waals surface area contributed by atoms with Crippen LogP contribution < -0.4 is 10.9 Å². The standard InChI is InChI=1S/C25H26N4O3/c1-17-3-2-4-18(13-17)14-19-7-8-29-24(19)27-22-15-20(5-6-21(22)25(29)31)26-23(30)16-28-9-11-32-12-10-28/h2-6,13-15H,7-12,16H2,1H3,(H,26,30). The van der Waals surface area contributed by atoms with Crippen molar-refractivity contribution in [2.75, 3.05) is 38.2 Å². The number of ether oxygens (including phenoxy) is 1. The summed E-state index contributed by atoms with van der Waals surface area (Å²) in [5.41, 5.74) is 4.56. The highest BCUT2D eigenvalue weighted by Gasteiger charge is 2.21. The molecule has 2 aromatic carbocycles. The van der Waals surface area contributed by atoms with Crippen LogP contribution >= 0.6 is 0 Å². The van der Waals surface area contributed by atoms with Gasteiger partial charge in [-0.05, 0) is 48.8 Å². The monoisotopic (exact) mass is 430 g/mol. The van der Waals surface area contributed by atoms with Gasteiger partial charge in [0.25, 0.3) is 5.56 Å². The molecular formula is C25H26N4O3. The number of hydrogen-bond donors (Lipinski definition) is 1. The third-order valence-electron chi connectivity index (χ3n) is 5.98. The van der Waals surface area contributed by atoms with Gasteiger partial charge in [0.15, 0.2) is 0 Å². The summed E-state index contributed by atoms with van der Waals surface area (Å²) < 4.78 is 7.08. The van der Waals surface area contributed by atoms with E-state index in [1.807, 2.05) is 6.07 Å². The molecule has 1 aromatic heterocycles. The molecule has 7 nitrogen and oxygen atoms in total. The first-order chi connectivity index (χ1) is 15.6. The Labute approximate surface area is 186 Å². The minimum absolute atomic E-state index is 0.0381. The van der Waals surface area contributed by atoms with Crippen LogP contribution in [-0.2, 0) is 16.1 Å². The molecule has 2 aliphatic rings. The lowest BCUT2D eigenvalue weighted by molar-refractivity contribution is -0.118. The number of nitrogens with one attached hydrogen (secondary N) is 1. The molecule has 0 aliphatic carbocycles. The van der Waals surface area contributed by atoms with E-state index in [1.54, 1.807) is 22.8 Å². The van der Waals surface area contributed by atoms with Crippen molar-refractivity contribution in [3.63, 3.8) is 0 Å². The first kappa shape index (κ1) is 20.6. The second-order valence-electron chi connectivity index (χ2n) is 8.39. The molecule has 0 spiro atoms. The van der Waals surface area contributed by atoms with E-state index >= 15 is 0 Å². The molecule has 1 saturated heterocycles. The Kier molecular flexibility index (Phi) is 5.59. The van der Waals surface area contributed by atoms with Gasteiger partial charge in [-0.1, -0.05) is 29.8 Å². The van der Waals surface area contributed by atoms with Gasteiger partial charge in [0.1, 0.15) is 5.82 Å². The lowest BCUT2D eigenvalue weighted by Crippen LogP contribution is -2.41. The average Bonchev–Trinajstić information content (AvgIpc) is 3.17. The number of amides is 1. The fraction of sp³-hybridized carbons (Fsp3) is 0.320. The molecule has 2 aliphatic heterocycles. The van der Waals surface area contributed by atoms with E-state index in [4.69, 9.17) is 9.72 Å². The SMILES string of the molecule is Cc1cccc(C=C2CCn3c2nc2cc(NC(=O)CN4CCOCC4)ccc2c3=O)c1. The summed E-state index contributed by atoms with van der Waals surface area (Å²) in [5.74, 6) is 0.630. The largest absolute Gasteiger partial charge is 0.379 e. The van der Waals surface area contributed by atoms with Crippen LogP contribution in [0, 0.1) is 6.92 Å². The van der Waals surface area contributed by atoms with Gasteiger partial charge in [-0.2, -0.15) is 0 Å². The van der Waals surface area contributed by atoms with Gasteiger partial charge < -0.3 is 10.1 Å². The van der Waals surface area contributed by atoms with Gasteiger partial charge in [-0.15, -0.1) is 0 Å². The van der Waals surface area contributed by atoms with Crippen LogP contribution in [0.15, 0.2) is 47.3 Å². The zero-order valence-electron chi connectivity index (χ0n) is 18.1. The Morgan fingerprint density at radius 1 is 1.16 bits per heavy atom. The minimum Gasteiger partial charge on any atom is -0.379 e. The zero-order chi connectivity index (χ0) is 22.1. The molecular weight excluding hydrogens is 404 g/mol. The van der Waals surface area contributed by atoms with Crippen molar-refractivity contribution in [2.24, 2.45) is 0 Å². The summed E-state index contributed by atoms with van der Waals surface area (Å²) >= 11 is 0. The maximum Gasteiger partial charge on any atom is 0.261 e. The number of carbonyl (C=O) groups is 1. The van der Waals surface area contributed by atoms with Gasteiger partial charge in [-0.3, -0.25) is 19.1 Å². The summed E-state index contributed by atoms with van der Waals surface area (Å²) in [6.07, 6.45) is 2.88. The number of fused-ring (bicyclic) bond motifs is 2. The van der Waals surface area contributed by atoms with Crippen molar-refractivity contribution >= 4 is 34.1 Å². The maximum atomic E-state index is 13.1. The fourth-order valence-electron chi connectivity index (χ4n) is 4.36. The molecule has 1 N–H and O–H groups in total. The number of allylic oxidation sites excluding steroid dienone is 1. The number of hydrogen-bond acceptors (Lipinski definition) is 5. The molecule has 32 heavy (non-hydrogen) atoms. The molecule has 1 fully saturated rings. The van der Waals surface area contributed by atoms with E-state index in [1.165, 1.54) is 5.56 Å². The van der Waals surface area contributed by atoms with Gasteiger partial charge in [-0.25, -0.2) is 4.98 Å². The molecule has 0 radical (unpaired) electrons. The minimum atomic E-state index is -0.0795. The molecule has 0 atom stereocenters. The van der Waals surface area contributed by atoms with E-state index in [2.05, 4.69) is 41.4 Å². The maximum absolute atomic E-state index is 13.1. The lowest BCUT2D eigenvalue weighted by atomic mass is 10.1. The van der Waals surface area contributed by atoms with Gasteiger partial charge in [0.05, 0.1) is 30.7 Å². The molecule has 5 rings (SSSR count).